The monoisotopic (exact) mass is 212 g/mol. The van der Waals surface area contributed by atoms with Crippen molar-refractivity contribution in [2.24, 2.45) is 11.3 Å². The Balaban J connectivity index is 2.77. The number of carbonyl (C=O) groups is 1. The molecule has 1 rings (SSSR count). The second-order valence-electron chi connectivity index (χ2n) is 4.88. The Morgan fingerprint density at radius 2 is 2.27 bits per heavy atom. The SMILES string of the molecule is CC(=O)OC[C@H]1C(C)=CC[C@H](O)C1(C)C. The number of aliphatic hydroxyl groups excluding tert-OH is 1. The lowest BCUT2D eigenvalue weighted by atomic mass is 9.67. The first-order valence-corrected chi connectivity index (χ1v) is 5.33. The molecule has 0 spiro atoms. The molecule has 0 aliphatic heterocycles. The van der Waals surface area contributed by atoms with Gasteiger partial charge in [-0.1, -0.05) is 25.5 Å². The van der Waals surface area contributed by atoms with Crippen LogP contribution in [-0.2, 0) is 9.53 Å². The molecule has 1 aliphatic rings. The minimum Gasteiger partial charge on any atom is -0.465 e. The van der Waals surface area contributed by atoms with E-state index in [9.17, 15) is 9.90 Å². The van der Waals surface area contributed by atoms with Crippen LogP contribution in [0.2, 0.25) is 0 Å². The summed E-state index contributed by atoms with van der Waals surface area (Å²) in [6, 6.07) is 0. The van der Waals surface area contributed by atoms with Crippen LogP contribution in [0.3, 0.4) is 0 Å². The maximum absolute atomic E-state index is 10.8. The smallest absolute Gasteiger partial charge is 0.302 e. The Bertz CT molecular complexity index is 279. The van der Waals surface area contributed by atoms with Crippen molar-refractivity contribution in [3.05, 3.63) is 11.6 Å². The predicted octanol–water partition coefficient (Wildman–Crippen LogP) is 1.90. The lowest BCUT2D eigenvalue weighted by Gasteiger charge is -2.41. The van der Waals surface area contributed by atoms with Crippen molar-refractivity contribution >= 4 is 5.97 Å². The highest BCUT2D eigenvalue weighted by Crippen LogP contribution is 2.41. The largest absolute Gasteiger partial charge is 0.465 e. The zero-order valence-corrected chi connectivity index (χ0v) is 9.91. The third-order valence-electron chi connectivity index (χ3n) is 3.42. The molecule has 0 heterocycles. The molecule has 3 nitrogen and oxygen atoms in total. The Hall–Kier alpha value is -0.830. The number of aliphatic hydroxyl groups is 1. The Kier molecular flexibility index (Phi) is 3.55. The topological polar surface area (TPSA) is 46.5 Å². The van der Waals surface area contributed by atoms with E-state index in [1.165, 1.54) is 12.5 Å². The number of hydrogen-bond acceptors (Lipinski definition) is 3. The first-order valence-electron chi connectivity index (χ1n) is 5.33. The van der Waals surface area contributed by atoms with Gasteiger partial charge in [-0.2, -0.15) is 0 Å². The first-order chi connectivity index (χ1) is 6.85. The first kappa shape index (κ1) is 12.2. The molecule has 0 amide bonds. The predicted molar refractivity (Wildman–Crippen MR) is 58.3 cm³/mol. The summed E-state index contributed by atoms with van der Waals surface area (Å²) >= 11 is 0. The fourth-order valence-electron chi connectivity index (χ4n) is 2.11. The average Bonchev–Trinajstić information content (AvgIpc) is 2.11. The van der Waals surface area contributed by atoms with Crippen LogP contribution in [0.25, 0.3) is 0 Å². The van der Waals surface area contributed by atoms with Crippen molar-refractivity contribution in [1.82, 2.24) is 0 Å². The van der Waals surface area contributed by atoms with Gasteiger partial charge in [0.2, 0.25) is 0 Å². The van der Waals surface area contributed by atoms with Crippen LogP contribution in [-0.4, -0.2) is 23.8 Å². The standard InChI is InChI=1S/C12H20O3/c1-8-5-6-11(14)12(3,4)10(8)7-15-9(2)13/h5,10-11,14H,6-7H2,1-4H3/t10-,11-/m0/s1. The second-order valence-corrected chi connectivity index (χ2v) is 4.88. The summed E-state index contributed by atoms with van der Waals surface area (Å²) in [6.07, 6.45) is 2.36. The molecule has 0 unspecified atom stereocenters. The lowest BCUT2D eigenvalue weighted by molar-refractivity contribution is -0.144. The minimum absolute atomic E-state index is 0.116. The number of rotatable bonds is 2. The van der Waals surface area contributed by atoms with Gasteiger partial charge in [-0.25, -0.2) is 0 Å². The van der Waals surface area contributed by atoms with Crippen molar-refractivity contribution in [2.45, 2.75) is 40.2 Å². The maximum atomic E-state index is 10.8. The van der Waals surface area contributed by atoms with E-state index in [-0.39, 0.29) is 23.4 Å². The van der Waals surface area contributed by atoms with E-state index in [2.05, 4.69) is 0 Å². The van der Waals surface area contributed by atoms with E-state index in [0.717, 1.165) is 0 Å². The van der Waals surface area contributed by atoms with Gasteiger partial charge in [0.25, 0.3) is 0 Å². The van der Waals surface area contributed by atoms with E-state index in [0.29, 0.717) is 13.0 Å². The van der Waals surface area contributed by atoms with E-state index in [1.54, 1.807) is 0 Å². The summed E-state index contributed by atoms with van der Waals surface area (Å²) in [5, 5.41) is 9.91. The molecule has 15 heavy (non-hydrogen) atoms. The fourth-order valence-corrected chi connectivity index (χ4v) is 2.11. The molecule has 2 atom stereocenters. The summed E-state index contributed by atoms with van der Waals surface area (Å²) in [5.41, 5.74) is 0.973. The van der Waals surface area contributed by atoms with Crippen molar-refractivity contribution in [1.29, 1.82) is 0 Å². The molecule has 1 aliphatic carbocycles. The van der Waals surface area contributed by atoms with E-state index in [4.69, 9.17) is 4.74 Å². The molecule has 1 N–H and O–H groups in total. The third kappa shape index (κ3) is 2.59. The summed E-state index contributed by atoms with van der Waals surface area (Å²) < 4.78 is 5.04. The van der Waals surface area contributed by atoms with Crippen molar-refractivity contribution < 1.29 is 14.6 Å². The van der Waals surface area contributed by atoms with Crippen molar-refractivity contribution in [3.8, 4) is 0 Å². The molecule has 0 saturated carbocycles. The van der Waals surface area contributed by atoms with E-state index < -0.39 is 0 Å². The maximum Gasteiger partial charge on any atom is 0.302 e. The van der Waals surface area contributed by atoms with Gasteiger partial charge in [-0.05, 0) is 13.3 Å². The third-order valence-corrected chi connectivity index (χ3v) is 3.42. The number of hydrogen-bond donors (Lipinski definition) is 1. The van der Waals surface area contributed by atoms with Gasteiger partial charge in [0, 0.05) is 18.3 Å². The van der Waals surface area contributed by atoms with Crippen LogP contribution in [0.5, 0.6) is 0 Å². The van der Waals surface area contributed by atoms with E-state index >= 15 is 0 Å². The summed E-state index contributed by atoms with van der Waals surface area (Å²) in [7, 11) is 0. The number of esters is 1. The van der Waals surface area contributed by atoms with Gasteiger partial charge in [0.15, 0.2) is 0 Å². The van der Waals surface area contributed by atoms with Gasteiger partial charge >= 0.3 is 5.97 Å². The van der Waals surface area contributed by atoms with Gasteiger partial charge < -0.3 is 9.84 Å². The number of carbonyl (C=O) groups excluding carboxylic acids is 1. The molecule has 0 aromatic heterocycles. The van der Waals surface area contributed by atoms with Crippen LogP contribution in [0, 0.1) is 11.3 Å². The molecular weight excluding hydrogens is 192 g/mol. The van der Waals surface area contributed by atoms with Crippen molar-refractivity contribution in [2.75, 3.05) is 6.61 Å². The van der Waals surface area contributed by atoms with Crippen LogP contribution in [0.1, 0.15) is 34.1 Å². The average molecular weight is 212 g/mol. The lowest BCUT2D eigenvalue weighted by Crippen LogP contribution is -2.42. The Morgan fingerprint density at radius 3 is 2.80 bits per heavy atom. The van der Waals surface area contributed by atoms with Crippen molar-refractivity contribution in [3.63, 3.8) is 0 Å². The van der Waals surface area contributed by atoms with Crippen LogP contribution >= 0.6 is 0 Å². The molecular formula is C12H20O3. The van der Waals surface area contributed by atoms with Crippen LogP contribution in [0.4, 0.5) is 0 Å². The highest BCUT2D eigenvalue weighted by molar-refractivity contribution is 5.65. The Labute approximate surface area is 91.1 Å². The molecule has 0 aromatic rings. The molecule has 0 fully saturated rings. The fraction of sp³-hybridized carbons (Fsp3) is 0.750. The van der Waals surface area contributed by atoms with Gasteiger partial charge in [-0.15, -0.1) is 0 Å². The number of ether oxygens (including phenoxy) is 1. The molecule has 0 saturated heterocycles. The van der Waals surface area contributed by atoms with Gasteiger partial charge in [0.05, 0.1) is 12.7 Å². The molecule has 3 heteroatoms. The zero-order valence-electron chi connectivity index (χ0n) is 9.91. The minimum atomic E-state index is -0.359. The summed E-state index contributed by atoms with van der Waals surface area (Å²) in [6.45, 7) is 7.83. The van der Waals surface area contributed by atoms with E-state index in [1.807, 2.05) is 26.8 Å². The second kappa shape index (κ2) is 4.35. The van der Waals surface area contributed by atoms with Crippen LogP contribution < -0.4 is 0 Å². The van der Waals surface area contributed by atoms with Gasteiger partial charge in [-0.3, -0.25) is 4.79 Å². The van der Waals surface area contributed by atoms with Crippen LogP contribution in [0.15, 0.2) is 11.6 Å². The highest BCUT2D eigenvalue weighted by Gasteiger charge is 2.40. The molecule has 0 radical (unpaired) electrons. The summed E-state index contributed by atoms with van der Waals surface area (Å²) in [5.74, 6) is -0.149. The highest BCUT2D eigenvalue weighted by atomic mass is 16.5. The molecule has 0 bridgehead atoms. The molecule has 0 aromatic carbocycles. The quantitative estimate of drug-likeness (QED) is 0.561. The zero-order chi connectivity index (χ0) is 11.6. The normalized spacial score (nSPS) is 29.5. The Morgan fingerprint density at radius 1 is 1.67 bits per heavy atom. The molecule has 86 valence electrons. The van der Waals surface area contributed by atoms with Gasteiger partial charge in [0.1, 0.15) is 0 Å². The summed E-state index contributed by atoms with van der Waals surface area (Å²) in [4.78, 5) is 10.8.